The predicted octanol–water partition coefficient (Wildman–Crippen LogP) is 1.34. The highest BCUT2D eigenvalue weighted by atomic mass is 79.9. The van der Waals surface area contributed by atoms with E-state index in [0.29, 0.717) is 12.1 Å². The number of aromatic nitrogens is 1. The van der Waals surface area contributed by atoms with E-state index in [1.807, 2.05) is 6.92 Å². The van der Waals surface area contributed by atoms with Crippen LogP contribution >= 0.6 is 15.9 Å². The molecule has 0 atom stereocenters. The third-order valence-electron chi connectivity index (χ3n) is 2.00. The van der Waals surface area contributed by atoms with Crippen molar-refractivity contribution in [2.24, 2.45) is 0 Å². The average molecular weight is 262 g/mol. The Hall–Kier alpha value is -0.810. The van der Waals surface area contributed by atoms with Gasteiger partial charge in [-0.3, -0.25) is 0 Å². The molecule has 1 aromatic heterocycles. The van der Waals surface area contributed by atoms with E-state index in [4.69, 9.17) is 5.11 Å². The van der Waals surface area contributed by atoms with Gasteiger partial charge >= 0.3 is 5.97 Å². The van der Waals surface area contributed by atoms with Gasteiger partial charge in [0.05, 0.1) is 23.9 Å². The molecule has 0 aromatic carbocycles. The number of hydrogen-bond acceptors (Lipinski definition) is 3. The van der Waals surface area contributed by atoms with E-state index in [-0.39, 0.29) is 12.6 Å². The van der Waals surface area contributed by atoms with Crippen molar-refractivity contribution >= 4 is 21.9 Å². The number of nitrogens with zero attached hydrogens (tertiary/aromatic N) is 1. The van der Waals surface area contributed by atoms with Crippen LogP contribution < -0.4 is 0 Å². The van der Waals surface area contributed by atoms with E-state index in [1.165, 1.54) is 7.11 Å². The maximum Gasteiger partial charge on any atom is 0.339 e. The first-order chi connectivity index (χ1) is 6.61. The van der Waals surface area contributed by atoms with Gasteiger partial charge in [-0.2, -0.15) is 0 Å². The van der Waals surface area contributed by atoms with Gasteiger partial charge in [0.1, 0.15) is 0 Å². The van der Waals surface area contributed by atoms with Gasteiger partial charge in [0.25, 0.3) is 0 Å². The Morgan fingerprint density at radius 2 is 2.36 bits per heavy atom. The number of aliphatic hydroxyl groups excluding tert-OH is 1. The van der Waals surface area contributed by atoms with Crippen molar-refractivity contribution in [2.45, 2.75) is 13.5 Å². The third kappa shape index (κ3) is 1.99. The summed E-state index contributed by atoms with van der Waals surface area (Å²) < 4.78 is 7.19. The van der Waals surface area contributed by atoms with Crippen LogP contribution in [0.4, 0.5) is 0 Å². The molecule has 0 aliphatic carbocycles. The zero-order valence-electron chi connectivity index (χ0n) is 8.08. The SMILES string of the molecule is COC(=O)c1cn(CCO)c(Br)c1C. The number of carbonyl (C=O) groups excluding carboxylic acids is 1. The summed E-state index contributed by atoms with van der Waals surface area (Å²) in [5, 5.41) is 8.78. The summed E-state index contributed by atoms with van der Waals surface area (Å²) in [5.74, 6) is -0.361. The van der Waals surface area contributed by atoms with Crippen LogP contribution in [0.5, 0.6) is 0 Å². The van der Waals surface area contributed by atoms with Gasteiger partial charge in [-0.1, -0.05) is 0 Å². The molecule has 0 unspecified atom stereocenters. The highest BCUT2D eigenvalue weighted by Gasteiger charge is 2.16. The smallest absolute Gasteiger partial charge is 0.339 e. The second-order valence-electron chi connectivity index (χ2n) is 2.87. The van der Waals surface area contributed by atoms with E-state index in [9.17, 15) is 4.79 Å². The molecule has 1 aromatic rings. The van der Waals surface area contributed by atoms with Crippen LogP contribution in [0, 0.1) is 6.92 Å². The molecule has 1 N–H and O–H groups in total. The summed E-state index contributed by atoms with van der Waals surface area (Å²) in [5.41, 5.74) is 1.35. The van der Waals surface area contributed by atoms with Crippen LogP contribution in [0.1, 0.15) is 15.9 Å². The van der Waals surface area contributed by atoms with Crippen molar-refractivity contribution in [1.82, 2.24) is 4.57 Å². The molecule has 0 saturated carbocycles. The first-order valence-corrected chi connectivity index (χ1v) is 4.95. The van der Waals surface area contributed by atoms with Gasteiger partial charge in [0.15, 0.2) is 0 Å². The maximum absolute atomic E-state index is 11.3. The quantitative estimate of drug-likeness (QED) is 0.836. The monoisotopic (exact) mass is 261 g/mol. The molecular formula is C9H12BrNO3. The minimum Gasteiger partial charge on any atom is -0.465 e. The van der Waals surface area contributed by atoms with Gasteiger partial charge in [-0.05, 0) is 28.4 Å². The van der Waals surface area contributed by atoms with Crippen LogP contribution in [0.2, 0.25) is 0 Å². The van der Waals surface area contributed by atoms with Crippen LogP contribution in [0.15, 0.2) is 10.8 Å². The number of methoxy groups -OCH3 is 1. The Morgan fingerprint density at radius 3 is 2.86 bits per heavy atom. The molecule has 1 heterocycles. The van der Waals surface area contributed by atoms with Gasteiger partial charge in [0, 0.05) is 12.7 Å². The van der Waals surface area contributed by atoms with Crippen LogP contribution in [0.25, 0.3) is 0 Å². The largest absolute Gasteiger partial charge is 0.465 e. The van der Waals surface area contributed by atoms with Gasteiger partial charge in [-0.15, -0.1) is 0 Å². The third-order valence-corrected chi connectivity index (χ3v) is 3.05. The molecule has 0 aliphatic rings. The Morgan fingerprint density at radius 1 is 1.71 bits per heavy atom. The standard InChI is InChI=1S/C9H12BrNO3/c1-6-7(9(13)14-2)5-11(3-4-12)8(6)10/h5,12H,3-4H2,1-2H3. The number of esters is 1. The normalized spacial score (nSPS) is 10.3. The Labute approximate surface area is 90.6 Å². The van der Waals surface area contributed by atoms with E-state index in [0.717, 1.165) is 10.2 Å². The summed E-state index contributed by atoms with van der Waals surface area (Å²) in [6.07, 6.45) is 1.67. The van der Waals surface area contributed by atoms with Gasteiger partial charge in [-0.25, -0.2) is 4.79 Å². The fourth-order valence-corrected chi connectivity index (χ4v) is 1.72. The van der Waals surface area contributed by atoms with Crippen molar-refractivity contribution < 1.29 is 14.6 Å². The van der Waals surface area contributed by atoms with Crippen molar-refractivity contribution in [3.63, 3.8) is 0 Å². The summed E-state index contributed by atoms with van der Waals surface area (Å²) >= 11 is 3.34. The minimum absolute atomic E-state index is 0.0351. The van der Waals surface area contributed by atoms with Crippen molar-refractivity contribution in [2.75, 3.05) is 13.7 Å². The van der Waals surface area contributed by atoms with Crippen LogP contribution in [-0.4, -0.2) is 29.4 Å². The number of hydrogen-bond donors (Lipinski definition) is 1. The summed E-state index contributed by atoms with van der Waals surface area (Å²) in [6, 6.07) is 0. The number of carbonyl (C=O) groups is 1. The molecule has 0 saturated heterocycles. The summed E-state index contributed by atoms with van der Waals surface area (Å²) in [6.45, 7) is 2.32. The molecule has 1 rings (SSSR count). The van der Waals surface area contributed by atoms with Crippen LogP contribution in [0.3, 0.4) is 0 Å². The highest BCUT2D eigenvalue weighted by Crippen LogP contribution is 2.22. The second kappa shape index (κ2) is 4.61. The lowest BCUT2D eigenvalue weighted by Gasteiger charge is -2.00. The number of aliphatic hydroxyl groups is 1. The maximum atomic E-state index is 11.3. The highest BCUT2D eigenvalue weighted by molar-refractivity contribution is 9.10. The Kier molecular flexibility index (Phi) is 3.71. The average Bonchev–Trinajstić information content (AvgIpc) is 2.46. The zero-order chi connectivity index (χ0) is 10.7. The molecule has 0 bridgehead atoms. The molecule has 0 radical (unpaired) electrons. The van der Waals surface area contributed by atoms with Gasteiger partial charge < -0.3 is 14.4 Å². The molecule has 0 spiro atoms. The lowest BCUT2D eigenvalue weighted by atomic mass is 10.2. The second-order valence-corrected chi connectivity index (χ2v) is 3.62. The topological polar surface area (TPSA) is 51.5 Å². The molecule has 0 amide bonds. The molecule has 5 heteroatoms. The van der Waals surface area contributed by atoms with Crippen molar-refractivity contribution in [3.05, 3.63) is 21.9 Å². The van der Waals surface area contributed by atoms with E-state index in [2.05, 4.69) is 20.7 Å². The first kappa shape index (κ1) is 11.3. The number of rotatable bonds is 3. The fourth-order valence-electron chi connectivity index (χ4n) is 1.22. The van der Waals surface area contributed by atoms with E-state index in [1.54, 1.807) is 10.8 Å². The molecule has 4 nitrogen and oxygen atoms in total. The predicted molar refractivity (Wildman–Crippen MR) is 55.3 cm³/mol. The van der Waals surface area contributed by atoms with Gasteiger partial charge in [0.2, 0.25) is 0 Å². The summed E-state index contributed by atoms with van der Waals surface area (Å²) in [4.78, 5) is 11.3. The molecule has 78 valence electrons. The molecule has 0 fully saturated rings. The zero-order valence-corrected chi connectivity index (χ0v) is 9.67. The van der Waals surface area contributed by atoms with E-state index < -0.39 is 0 Å². The molecular weight excluding hydrogens is 250 g/mol. The lowest BCUT2D eigenvalue weighted by molar-refractivity contribution is 0.0600. The summed E-state index contributed by atoms with van der Waals surface area (Å²) in [7, 11) is 1.35. The first-order valence-electron chi connectivity index (χ1n) is 4.16. The molecule has 0 aliphatic heterocycles. The fraction of sp³-hybridized carbons (Fsp3) is 0.444. The van der Waals surface area contributed by atoms with E-state index >= 15 is 0 Å². The van der Waals surface area contributed by atoms with Crippen LogP contribution in [-0.2, 0) is 11.3 Å². The lowest BCUT2D eigenvalue weighted by Crippen LogP contribution is -2.02. The van der Waals surface area contributed by atoms with Crippen molar-refractivity contribution in [3.8, 4) is 0 Å². The van der Waals surface area contributed by atoms with Crippen molar-refractivity contribution in [1.29, 1.82) is 0 Å². The Balaban J connectivity index is 3.08. The molecule has 14 heavy (non-hydrogen) atoms. The minimum atomic E-state index is -0.361. The number of ether oxygens (including phenoxy) is 1. The Bertz CT molecular complexity index is 346. The number of halogens is 1.